The third kappa shape index (κ3) is 3.58. The maximum Gasteiger partial charge on any atom is 0.0206 e. The molecule has 0 nitrogen and oxygen atoms in total. The fourth-order valence-corrected chi connectivity index (χ4v) is 2.01. The van der Waals surface area contributed by atoms with Crippen molar-refractivity contribution < 1.29 is 0 Å². The molecule has 0 aromatic heterocycles. The molecule has 14 heavy (non-hydrogen) atoms. The van der Waals surface area contributed by atoms with Gasteiger partial charge in [-0.25, -0.2) is 0 Å². The summed E-state index contributed by atoms with van der Waals surface area (Å²) in [5, 5.41) is 0. The van der Waals surface area contributed by atoms with Gasteiger partial charge in [0.15, 0.2) is 0 Å². The molecule has 1 aromatic carbocycles. The highest BCUT2D eigenvalue weighted by Gasteiger charge is 2.01. The first-order valence-corrected chi connectivity index (χ1v) is 6.15. The van der Waals surface area contributed by atoms with Crippen molar-refractivity contribution in [1.29, 1.82) is 0 Å². The van der Waals surface area contributed by atoms with Crippen molar-refractivity contribution in [3.63, 3.8) is 0 Å². The van der Waals surface area contributed by atoms with Crippen LogP contribution in [0.25, 0.3) is 0 Å². The van der Waals surface area contributed by atoms with Crippen molar-refractivity contribution in [2.75, 3.05) is 0 Å². The predicted molar refractivity (Wildman–Crippen MR) is 68.8 cm³/mol. The van der Waals surface area contributed by atoms with Gasteiger partial charge in [0.25, 0.3) is 0 Å². The molecule has 0 bridgehead atoms. The van der Waals surface area contributed by atoms with Crippen LogP contribution in [0.2, 0.25) is 0 Å². The molecular weight excluding hydrogens is 208 g/mol. The second-order valence-corrected chi connectivity index (χ2v) is 4.52. The molecule has 78 valence electrons. The van der Waals surface area contributed by atoms with E-state index in [0.717, 1.165) is 16.2 Å². The lowest BCUT2D eigenvalue weighted by atomic mass is 10.1. The molecule has 0 spiro atoms. The lowest BCUT2D eigenvalue weighted by Crippen LogP contribution is -1.88. The Labute approximate surface area is 97.9 Å². The predicted octanol–water partition coefficient (Wildman–Crippen LogP) is 4.39. The summed E-state index contributed by atoms with van der Waals surface area (Å²) in [6.07, 6.45) is 6.34. The number of aryl methyl sites for hydroxylation is 1. The Kier molecular flexibility index (Phi) is 5.49. The van der Waals surface area contributed by atoms with E-state index in [9.17, 15) is 0 Å². The Morgan fingerprint density at radius 2 is 1.86 bits per heavy atom. The zero-order valence-corrected chi connectivity index (χ0v) is 10.5. The average Bonchev–Trinajstić information content (AvgIpc) is 2.19. The minimum absolute atomic E-state index is 0.987. The molecule has 0 aliphatic rings. The first-order chi connectivity index (χ1) is 6.75. The molecule has 0 saturated heterocycles. The van der Waals surface area contributed by atoms with Crippen molar-refractivity contribution in [3.05, 3.63) is 23.8 Å². The van der Waals surface area contributed by atoms with Crippen molar-refractivity contribution in [3.8, 4) is 0 Å². The number of thiol groups is 2. The maximum absolute atomic E-state index is 4.46. The fourth-order valence-electron chi connectivity index (χ4n) is 1.52. The van der Waals surface area contributed by atoms with Crippen LogP contribution in [0, 0.1) is 0 Å². The van der Waals surface area contributed by atoms with Crippen LogP contribution in [0.5, 0.6) is 0 Å². The molecule has 1 rings (SSSR count). The normalized spacial score (nSPS) is 10.5. The summed E-state index contributed by atoms with van der Waals surface area (Å²) in [7, 11) is 0. The summed E-state index contributed by atoms with van der Waals surface area (Å²) in [6.45, 7) is 2.23. The standard InChI is InChI=1S/C12H18S2/c1-2-3-4-5-7-10-8-6-9-11(13)12(10)14/h6,8-9,13-14H,2-5,7H2,1H3. The van der Waals surface area contributed by atoms with E-state index in [1.165, 1.54) is 31.2 Å². The van der Waals surface area contributed by atoms with Gasteiger partial charge in [-0.1, -0.05) is 38.3 Å². The van der Waals surface area contributed by atoms with E-state index >= 15 is 0 Å². The average molecular weight is 226 g/mol. The quantitative estimate of drug-likeness (QED) is 0.540. The smallest absolute Gasteiger partial charge is 0.0206 e. The van der Waals surface area contributed by atoms with Gasteiger partial charge in [-0.2, -0.15) is 0 Å². The third-order valence-corrected chi connectivity index (χ3v) is 3.48. The van der Waals surface area contributed by atoms with Gasteiger partial charge in [-0.3, -0.25) is 0 Å². The molecule has 1 aromatic rings. The first kappa shape index (κ1) is 12.0. The van der Waals surface area contributed by atoms with Crippen LogP contribution in [0.3, 0.4) is 0 Å². The summed E-state index contributed by atoms with van der Waals surface area (Å²) in [6, 6.07) is 6.19. The summed E-state index contributed by atoms with van der Waals surface area (Å²) in [4.78, 5) is 2.04. The molecular formula is C12H18S2. The van der Waals surface area contributed by atoms with E-state index in [1.807, 2.05) is 6.07 Å². The number of benzene rings is 1. The topological polar surface area (TPSA) is 0 Å². The Morgan fingerprint density at radius 1 is 1.07 bits per heavy atom. The van der Waals surface area contributed by atoms with Crippen LogP contribution < -0.4 is 0 Å². The minimum Gasteiger partial charge on any atom is -0.142 e. The maximum atomic E-state index is 4.46. The van der Waals surface area contributed by atoms with Crippen molar-refractivity contribution in [2.45, 2.75) is 48.8 Å². The van der Waals surface area contributed by atoms with E-state index in [2.05, 4.69) is 44.3 Å². The monoisotopic (exact) mass is 226 g/mol. The molecule has 0 aliphatic carbocycles. The Balaban J connectivity index is 2.46. The molecule has 0 atom stereocenters. The Bertz CT molecular complexity index is 282. The highest BCUT2D eigenvalue weighted by molar-refractivity contribution is 7.83. The first-order valence-electron chi connectivity index (χ1n) is 5.25. The third-order valence-electron chi connectivity index (χ3n) is 2.40. The molecule has 0 N–H and O–H groups in total. The lowest BCUT2D eigenvalue weighted by molar-refractivity contribution is 0.662. The van der Waals surface area contributed by atoms with Crippen LogP contribution in [0.4, 0.5) is 0 Å². The zero-order chi connectivity index (χ0) is 10.4. The molecule has 0 amide bonds. The summed E-state index contributed by atoms with van der Waals surface area (Å²) in [5.41, 5.74) is 1.33. The van der Waals surface area contributed by atoms with Gasteiger partial charge in [-0.05, 0) is 24.5 Å². The SMILES string of the molecule is CCCCCCc1cccc(S)c1S. The van der Waals surface area contributed by atoms with E-state index in [0.29, 0.717) is 0 Å². The van der Waals surface area contributed by atoms with Crippen LogP contribution >= 0.6 is 25.3 Å². The molecule has 0 aliphatic heterocycles. The van der Waals surface area contributed by atoms with Gasteiger partial charge in [0, 0.05) is 9.79 Å². The van der Waals surface area contributed by atoms with Gasteiger partial charge >= 0.3 is 0 Å². The Hall–Kier alpha value is -0.0800. The second-order valence-electron chi connectivity index (χ2n) is 3.60. The van der Waals surface area contributed by atoms with Crippen LogP contribution in [0.15, 0.2) is 28.0 Å². The van der Waals surface area contributed by atoms with E-state index in [4.69, 9.17) is 0 Å². The Morgan fingerprint density at radius 3 is 2.57 bits per heavy atom. The molecule has 0 unspecified atom stereocenters. The summed E-state index contributed by atoms with van der Waals surface area (Å²) >= 11 is 8.81. The molecule has 0 fully saturated rings. The number of hydrogen-bond acceptors (Lipinski definition) is 2. The fraction of sp³-hybridized carbons (Fsp3) is 0.500. The van der Waals surface area contributed by atoms with E-state index in [-0.39, 0.29) is 0 Å². The lowest BCUT2D eigenvalue weighted by Gasteiger charge is -2.06. The highest BCUT2D eigenvalue weighted by atomic mass is 32.1. The van der Waals surface area contributed by atoms with Crippen molar-refractivity contribution in [2.24, 2.45) is 0 Å². The van der Waals surface area contributed by atoms with Crippen molar-refractivity contribution in [1.82, 2.24) is 0 Å². The van der Waals surface area contributed by atoms with Crippen LogP contribution in [-0.2, 0) is 6.42 Å². The molecule has 0 saturated carbocycles. The second kappa shape index (κ2) is 6.41. The van der Waals surface area contributed by atoms with Gasteiger partial charge in [0.05, 0.1) is 0 Å². The van der Waals surface area contributed by atoms with Gasteiger partial charge in [-0.15, -0.1) is 25.3 Å². The zero-order valence-electron chi connectivity index (χ0n) is 8.66. The summed E-state index contributed by atoms with van der Waals surface area (Å²) < 4.78 is 0. The molecule has 0 heterocycles. The molecule has 0 radical (unpaired) electrons. The van der Waals surface area contributed by atoms with Gasteiger partial charge < -0.3 is 0 Å². The van der Waals surface area contributed by atoms with Gasteiger partial charge in [0.2, 0.25) is 0 Å². The minimum atomic E-state index is 0.987. The number of hydrogen-bond donors (Lipinski definition) is 2. The summed E-state index contributed by atoms with van der Waals surface area (Å²) in [5.74, 6) is 0. The highest BCUT2D eigenvalue weighted by Crippen LogP contribution is 2.23. The number of unbranched alkanes of at least 4 members (excludes halogenated alkanes) is 3. The molecule has 2 heteroatoms. The largest absolute Gasteiger partial charge is 0.142 e. The number of rotatable bonds is 5. The van der Waals surface area contributed by atoms with Gasteiger partial charge in [0.1, 0.15) is 0 Å². The van der Waals surface area contributed by atoms with E-state index in [1.54, 1.807) is 0 Å². The van der Waals surface area contributed by atoms with Crippen LogP contribution in [0.1, 0.15) is 38.2 Å². The van der Waals surface area contributed by atoms with E-state index < -0.39 is 0 Å². The van der Waals surface area contributed by atoms with Crippen LogP contribution in [-0.4, -0.2) is 0 Å². The van der Waals surface area contributed by atoms with Crippen molar-refractivity contribution >= 4 is 25.3 Å².